The molecule has 0 saturated carbocycles. The number of piperazine rings is 1. The number of carbonyl (C=O) groups excluding carboxylic acids is 2. The zero-order valence-electron chi connectivity index (χ0n) is 16.9. The molecule has 3 rings (SSSR count). The summed E-state index contributed by atoms with van der Waals surface area (Å²) >= 11 is 1.33. The van der Waals surface area contributed by atoms with Gasteiger partial charge < -0.3 is 19.3 Å². The van der Waals surface area contributed by atoms with Crippen LogP contribution in [0.4, 0.5) is 5.13 Å². The number of esters is 1. The first-order chi connectivity index (χ1) is 14.1. The average Bonchev–Trinajstić information content (AvgIpc) is 3.23. The van der Waals surface area contributed by atoms with Crippen molar-refractivity contribution in [1.82, 2.24) is 9.88 Å². The van der Waals surface area contributed by atoms with Gasteiger partial charge in [-0.25, -0.2) is 9.78 Å². The van der Waals surface area contributed by atoms with Gasteiger partial charge in [0.15, 0.2) is 5.13 Å². The van der Waals surface area contributed by atoms with E-state index in [4.69, 9.17) is 9.47 Å². The third-order valence-electron chi connectivity index (χ3n) is 4.76. The number of ether oxygens (including phenoxy) is 2. The molecule has 1 saturated heterocycles. The first-order valence-corrected chi connectivity index (χ1v) is 10.7. The van der Waals surface area contributed by atoms with Crippen molar-refractivity contribution in [2.75, 3.05) is 44.3 Å². The van der Waals surface area contributed by atoms with Gasteiger partial charge in [-0.05, 0) is 31.9 Å². The zero-order valence-corrected chi connectivity index (χ0v) is 17.7. The minimum atomic E-state index is -0.335. The predicted molar refractivity (Wildman–Crippen MR) is 113 cm³/mol. The van der Waals surface area contributed by atoms with Crippen LogP contribution in [-0.4, -0.2) is 61.2 Å². The molecule has 1 aliphatic heterocycles. The Morgan fingerprint density at radius 2 is 1.93 bits per heavy atom. The minimum Gasteiger partial charge on any atom is -0.493 e. The van der Waals surface area contributed by atoms with E-state index >= 15 is 0 Å². The molecule has 7 nitrogen and oxygen atoms in total. The second-order valence-corrected chi connectivity index (χ2v) is 7.82. The summed E-state index contributed by atoms with van der Waals surface area (Å²) in [7, 11) is 0. The summed E-state index contributed by atoms with van der Waals surface area (Å²) in [5.74, 6) is 0.696. The summed E-state index contributed by atoms with van der Waals surface area (Å²) < 4.78 is 10.8. The van der Waals surface area contributed by atoms with Crippen molar-refractivity contribution in [2.24, 2.45) is 0 Å². The lowest BCUT2D eigenvalue weighted by Crippen LogP contribution is -2.48. The lowest BCUT2D eigenvalue weighted by Gasteiger charge is -2.34. The molecule has 8 heteroatoms. The summed E-state index contributed by atoms with van der Waals surface area (Å²) in [6, 6.07) is 7.89. The highest BCUT2D eigenvalue weighted by Crippen LogP contribution is 2.24. The summed E-state index contributed by atoms with van der Waals surface area (Å²) in [4.78, 5) is 33.1. The predicted octanol–water partition coefficient (Wildman–Crippen LogP) is 3.14. The fraction of sp³-hybridized carbons (Fsp3) is 0.476. The van der Waals surface area contributed by atoms with Crippen LogP contribution in [-0.2, 0) is 9.53 Å². The first-order valence-electron chi connectivity index (χ1n) is 9.92. The van der Waals surface area contributed by atoms with E-state index in [0.29, 0.717) is 57.1 Å². The van der Waals surface area contributed by atoms with Crippen LogP contribution in [0.25, 0.3) is 0 Å². The molecule has 0 radical (unpaired) electrons. The quantitative estimate of drug-likeness (QED) is 0.485. The molecular weight excluding hydrogens is 390 g/mol. The molecule has 0 N–H and O–H groups in total. The lowest BCUT2D eigenvalue weighted by molar-refractivity contribution is -0.131. The zero-order chi connectivity index (χ0) is 20.6. The number of para-hydroxylation sites is 1. The van der Waals surface area contributed by atoms with Crippen molar-refractivity contribution >= 4 is 28.3 Å². The first kappa shape index (κ1) is 21.1. The van der Waals surface area contributed by atoms with Gasteiger partial charge in [0.2, 0.25) is 5.91 Å². The summed E-state index contributed by atoms with van der Waals surface area (Å²) in [5, 5.41) is 0.798. The number of aryl methyl sites for hydroxylation is 1. The average molecular weight is 418 g/mol. The Kier molecular flexibility index (Phi) is 7.46. The molecule has 0 aliphatic carbocycles. The summed E-state index contributed by atoms with van der Waals surface area (Å²) in [5.41, 5.74) is 1.10. The van der Waals surface area contributed by atoms with Gasteiger partial charge in [-0.3, -0.25) is 4.79 Å². The van der Waals surface area contributed by atoms with Crippen LogP contribution in [0.3, 0.4) is 0 Å². The number of aromatic nitrogens is 1. The summed E-state index contributed by atoms with van der Waals surface area (Å²) in [6.07, 6.45) is 2.74. The number of anilines is 1. The van der Waals surface area contributed by atoms with Crippen LogP contribution in [0, 0.1) is 6.92 Å². The van der Waals surface area contributed by atoms with E-state index in [9.17, 15) is 9.59 Å². The Labute approximate surface area is 175 Å². The van der Waals surface area contributed by atoms with E-state index in [1.54, 1.807) is 13.1 Å². The molecule has 1 aromatic carbocycles. The van der Waals surface area contributed by atoms with Crippen molar-refractivity contribution in [2.45, 2.75) is 26.7 Å². The van der Waals surface area contributed by atoms with Gasteiger partial charge in [-0.15, -0.1) is 0 Å². The van der Waals surface area contributed by atoms with Gasteiger partial charge in [-0.2, -0.15) is 0 Å². The van der Waals surface area contributed by atoms with Crippen molar-refractivity contribution in [3.63, 3.8) is 0 Å². The molecule has 0 unspecified atom stereocenters. The molecule has 29 heavy (non-hydrogen) atoms. The molecule has 1 fully saturated rings. The van der Waals surface area contributed by atoms with Gasteiger partial charge >= 0.3 is 5.97 Å². The molecule has 1 aromatic heterocycles. The second-order valence-electron chi connectivity index (χ2n) is 6.81. The van der Waals surface area contributed by atoms with Gasteiger partial charge in [0.05, 0.1) is 19.4 Å². The largest absolute Gasteiger partial charge is 0.493 e. The van der Waals surface area contributed by atoms with E-state index in [0.717, 1.165) is 16.4 Å². The van der Waals surface area contributed by atoms with Gasteiger partial charge in [-0.1, -0.05) is 29.5 Å². The van der Waals surface area contributed by atoms with E-state index in [1.165, 1.54) is 11.3 Å². The third-order valence-corrected chi connectivity index (χ3v) is 5.80. The number of nitrogens with zero attached hydrogens (tertiary/aromatic N) is 3. The van der Waals surface area contributed by atoms with Crippen molar-refractivity contribution < 1.29 is 19.1 Å². The smallest absolute Gasteiger partial charge is 0.350 e. The van der Waals surface area contributed by atoms with E-state index in [1.807, 2.05) is 36.1 Å². The van der Waals surface area contributed by atoms with Gasteiger partial charge in [0.1, 0.15) is 10.6 Å². The van der Waals surface area contributed by atoms with E-state index < -0.39 is 0 Å². The Morgan fingerprint density at radius 1 is 1.17 bits per heavy atom. The molecule has 1 amide bonds. The maximum Gasteiger partial charge on any atom is 0.350 e. The standard InChI is InChI=1S/C21H27N3O4S/c1-3-27-20(26)18-15-22-21(29-18)24-12-10-23(11-13-24)19(25)9-6-14-28-17-8-5-4-7-16(17)2/h4-5,7-8,15H,3,6,9-14H2,1-2H3. The van der Waals surface area contributed by atoms with Crippen LogP contribution < -0.4 is 9.64 Å². The molecule has 2 aromatic rings. The van der Waals surface area contributed by atoms with E-state index in [-0.39, 0.29) is 11.9 Å². The number of hydrogen-bond donors (Lipinski definition) is 0. The molecule has 0 spiro atoms. The van der Waals surface area contributed by atoms with Crippen LogP contribution in [0.15, 0.2) is 30.5 Å². The van der Waals surface area contributed by atoms with Crippen LogP contribution in [0.5, 0.6) is 5.75 Å². The molecule has 1 aliphatic rings. The van der Waals surface area contributed by atoms with Crippen LogP contribution in [0.1, 0.15) is 35.0 Å². The third kappa shape index (κ3) is 5.69. The fourth-order valence-corrected chi connectivity index (χ4v) is 4.00. The molecule has 0 bridgehead atoms. The number of carbonyl (C=O) groups is 2. The van der Waals surface area contributed by atoms with Gasteiger partial charge in [0.25, 0.3) is 0 Å². The highest BCUT2D eigenvalue weighted by Gasteiger charge is 2.23. The SMILES string of the molecule is CCOC(=O)c1cnc(N2CCN(C(=O)CCCOc3ccccc3C)CC2)s1. The summed E-state index contributed by atoms with van der Waals surface area (Å²) in [6.45, 7) is 7.41. The maximum absolute atomic E-state index is 12.5. The Morgan fingerprint density at radius 3 is 2.66 bits per heavy atom. The fourth-order valence-electron chi connectivity index (χ4n) is 3.14. The molecule has 156 valence electrons. The number of thiazole rings is 1. The van der Waals surface area contributed by atoms with Crippen LogP contribution in [0.2, 0.25) is 0 Å². The number of benzene rings is 1. The minimum absolute atomic E-state index is 0.157. The highest BCUT2D eigenvalue weighted by atomic mass is 32.1. The normalized spacial score (nSPS) is 14.0. The molecule has 2 heterocycles. The second kappa shape index (κ2) is 10.2. The van der Waals surface area contributed by atoms with Gasteiger partial charge in [0, 0.05) is 32.6 Å². The topological polar surface area (TPSA) is 72.0 Å². The lowest BCUT2D eigenvalue weighted by atomic mass is 10.2. The van der Waals surface area contributed by atoms with Crippen molar-refractivity contribution in [1.29, 1.82) is 0 Å². The number of hydrogen-bond acceptors (Lipinski definition) is 7. The molecular formula is C21H27N3O4S. The maximum atomic E-state index is 12.5. The number of amides is 1. The monoisotopic (exact) mass is 417 g/mol. The highest BCUT2D eigenvalue weighted by molar-refractivity contribution is 7.17. The Balaban J connectivity index is 1.39. The Bertz CT molecular complexity index is 831. The Hall–Kier alpha value is -2.61. The van der Waals surface area contributed by atoms with Crippen molar-refractivity contribution in [3.8, 4) is 5.75 Å². The van der Waals surface area contributed by atoms with E-state index in [2.05, 4.69) is 9.88 Å². The van der Waals surface area contributed by atoms with Crippen LogP contribution >= 0.6 is 11.3 Å². The number of rotatable bonds is 8. The molecule has 0 atom stereocenters. The van der Waals surface area contributed by atoms with Crippen molar-refractivity contribution in [3.05, 3.63) is 40.9 Å².